The van der Waals surface area contributed by atoms with Crippen LogP contribution in [0.3, 0.4) is 0 Å². The third-order valence-corrected chi connectivity index (χ3v) is 3.66. The van der Waals surface area contributed by atoms with Crippen molar-refractivity contribution in [2.24, 2.45) is 5.92 Å². The maximum Gasteiger partial charge on any atom is 0.306 e. The van der Waals surface area contributed by atoms with Crippen LogP contribution in [0.1, 0.15) is 37.8 Å². The molecule has 0 spiro atoms. The fourth-order valence-electron chi connectivity index (χ4n) is 2.13. The molecule has 19 heavy (non-hydrogen) atoms. The van der Waals surface area contributed by atoms with Gasteiger partial charge in [-0.05, 0) is 48.9 Å². The Kier molecular flexibility index (Phi) is 5.06. The molecule has 106 valence electrons. The number of rotatable bonds is 6. The van der Waals surface area contributed by atoms with Gasteiger partial charge in [0.1, 0.15) is 5.82 Å². The zero-order valence-corrected chi connectivity index (χ0v) is 11.6. The van der Waals surface area contributed by atoms with Gasteiger partial charge in [0.15, 0.2) is 0 Å². The van der Waals surface area contributed by atoms with Gasteiger partial charge < -0.3 is 10.2 Å². The normalized spacial score (nSPS) is 14.4. The molecule has 2 N–H and O–H groups in total. The molecule has 0 aliphatic carbocycles. The summed E-state index contributed by atoms with van der Waals surface area (Å²) in [5, 5.41) is 19.3. The van der Waals surface area contributed by atoms with Crippen molar-refractivity contribution < 1.29 is 19.4 Å². The SMILES string of the molecule is Cc1cc(F)ccc1CC[C@](O)(CC(=O)O)C(C)C. The average Bonchev–Trinajstić information content (AvgIpc) is 2.26. The van der Waals surface area contributed by atoms with Crippen molar-refractivity contribution in [3.63, 3.8) is 0 Å². The molecule has 0 radical (unpaired) electrons. The number of hydrogen-bond acceptors (Lipinski definition) is 2. The van der Waals surface area contributed by atoms with Gasteiger partial charge in [0.25, 0.3) is 0 Å². The number of benzene rings is 1. The lowest BCUT2D eigenvalue weighted by Gasteiger charge is -2.31. The molecule has 0 saturated carbocycles. The Hall–Kier alpha value is -1.42. The molecular formula is C15H21FO3. The van der Waals surface area contributed by atoms with Gasteiger partial charge in [-0.3, -0.25) is 4.79 Å². The highest BCUT2D eigenvalue weighted by molar-refractivity contribution is 5.68. The monoisotopic (exact) mass is 268 g/mol. The minimum atomic E-state index is -1.23. The van der Waals surface area contributed by atoms with E-state index in [0.717, 1.165) is 11.1 Å². The Balaban J connectivity index is 2.79. The lowest BCUT2D eigenvalue weighted by atomic mass is 9.81. The van der Waals surface area contributed by atoms with Crippen molar-refractivity contribution >= 4 is 5.97 Å². The van der Waals surface area contributed by atoms with E-state index in [-0.39, 0.29) is 18.2 Å². The van der Waals surface area contributed by atoms with Crippen LogP contribution in [-0.2, 0) is 11.2 Å². The lowest BCUT2D eigenvalue weighted by Crippen LogP contribution is -2.38. The molecule has 0 aliphatic heterocycles. The molecule has 0 amide bonds. The molecule has 1 aromatic carbocycles. The van der Waals surface area contributed by atoms with Crippen LogP contribution in [-0.4, -0.2) is 21.8 Å². The van der Waals surface area contributed by atoms with E-state index in [1.54, 1.807) is 19.9 Å². The summed E-state index contributed by atoms with van der Waals surface area (Å²) in [6.45, 7) is 5.42. The van der Waals surface area contributed by atoms with Crippen LogP contribution in [0.15, 0.2) is 18.2 Å². The van der Waals surface area contributed by atoms with Gasteiger partial charge in [0, 0.05) is 0 Å². The number of halogens is 1. The van der Waals surface area contributed by atoms with Gasteiger partial charge >= 0.3 is 5.97 Å². The Bertz CT molecular complexity index is 457. The molecule has 0 unspecified atom stereocenters. The molecule has 1 atom stereocenters. The van der Waals surface area contributed by atoms with E-state index in [1.807, 2.05) is 6.92 Å². The van der Waals surface area contributed by atoms with Crippen molar-refractivity contribution in [2.45, 2.75) is 45.6 Å². The van der Waals surface area contributed by atoms with E-state index in [1.165, 1.54) is 12.1 Å². The Morgan fingerprint density at radius 1 is 1.42 bits per heavy atom. The predicted octanol–water partition coefficient (Wildman–Crippen LogP) is 2.93. The average molecular weight is 268 g/mol. The second-order valence-electron chi connectivity index (χ2n) is 5.40. The quantitative estimate of drug-likeness (QED) is 0.834. The van der Waals surface area contributed by atoms with Crippen LogP contribution in [0.5, 0.6) is 0 Å². The summed E-state index contributed by atoms with van der Waals surface area (Å²) < 4.78 is 13.0. The molecule has 0 saturated heterocycles. The van der Waals surface area contributed by atoms with Gasteiger partial charge in [0.05, 0.1) is 12.0 Å². The third kappa shape index (κ3) is 4.31. The van der Waals surface area contributed by atoms with Gasteiger partial charge in [-0.1, -0.05) is 19.9 Å². The summed E-state index contributed by atoms with van der Waals surface area (Å²) in [6.07, 6.45) is 0.614. The van der Waals surface area contributed by atoms with E-state index < -0.39 is 11.6 Å². The zero-order chi connectivity index (χ0) is 14.6. The fraction of sp³-hybridized carbons (Fsp3) is 0.533. The lowest BCUT2D eigenvalue weighted by molar-refractivity contribution is -0.145. The van der Waals surface area contributed by atoms with Crippen LogP contribution >= 0.6 is 0 Å². The predicted molar refractivity (Wildman–Crippen MR) is 71.5 cm³/mol. The number of hydrogen-bond donors (Lipinski definition) is 2. The van der Waals surface area contributed by atoms with Crippen molar-refractivity contribution in [3.05, 3.63) is 35.1 Å². The second-order valence-corrected chi connectivity index (χ2v) is 5.40. The molecule has 0 aliphatic rings. The summed E-state index contributed by atoms with van der Waals surface area (Å²) in [7, 11) is 0. The van der Waals surface area contributed by atoms with Gasteiger partial charge in [0.2, 0.25) is 0 Å². The van der Waals surface area contributed by atoms with Gasteiger partial charge in [-0.25, -0.2) is 4.39 Å². The summed E-state index contributed by atoms with van der Waals surface area (Å²) in [4.78, 5) is 10.8. The molecule has 0 fully saturated rings. The molecule has 1 aromatic rings. The highest BCUT2D eigenvalue weighted by Crippen LogP contribution is 2.27. The summed E-state index contributed by atoms with van der Waals surface area (Å²) in [5.74, 6) is -1.44. The summed E-state index contributed by atoms with van der Waals surface area (Å²) in [6, 6.07) is 4.51. The van der Waals surface area contributed by atoms with Crippen LogP contribution in [0, 0.1) is 18.7 Å². The van der Waals surface area contributed by atoms with Crippen molar-refractivity contribution in [2.75, 3.05) is 0 Å². The number of carboxylic acid groups (broad SMARTS) is 1. The molecule has 3 nitrogen and oxygen atoms in total. The largest absolute Gasteiger partial charge is 0.481 e. The first-order valence-corrected chi connectivity index (χ1v) is 6.44. The molecule has 1 rings (SSSR count). The van der Waals surface area contributed by atoms with Gasteiger partial charge in [-0.2, -0.15) is 0 Å². The first-order valence-electron chi connectivity index (χ1n) is 6.44. The highest BCUT2D eigenvalue weighted by atomic mass is 19.1. The smallest absolute Gasteiger partial charge is 0.306 e. The minimum Gasteiger partial charge on any atom is -0.481 e. The molecular weight excluding hydrogens is 247 g/mol. The van der Waals surface area contributed by atoms with Crippen LogP contribution < -0.4 is 0 Å². The summed E-state index contributed by atoms with van der Waals surface area (Å²) >= 11 is 0. The first kappa shape index (κ1) is 15.6. The molecule has 0 aromatic heterocycles. The topological polar surface area (TPSA) is 57.5 Å². The van der Waals surface area contributed by atoms with E-state index in [9.17, 15) is 14.3 Å². The minimum absolute atomic E-state index is 0.149. The number of carboxylic acids is 1. The summed E-state index contributed by atoms with van der Waals surface area (Å²) in [5.41, 5.74) is 0.527. The molecule has 0 bridgehead atoms. The van der Waals surface area contributed by atoms with Crippen LogP contribution in [0.4, 0.5) is 4.39 Å². The highest BCUT2D eigenvalue weighted by Gasteiger charge is 2.33. The van der Waals surface area contributed by atoms with Gasteiger partial charge in [-0.15, -0.1) is 0 Å². The third-order valence-electron chi connectivity index (χ3n) is 3.66. The van der Waals surface area contributed by atoms with Crippen molar-refractivity contribution in [1.29, 1.82) is 0 Å². The fourth-order valence-corrected chi connectivity index (χ4v) is 2.13. The van der Waals surface area contributed by atoms with Crippen LogP contribution in [0.25, 0.3) is 0 Å². The molecule has 0 heterocycles. The second kappa shape index (κ2) is 6.15. The maximum atomic E-state index is 13.0. The zero-order valence-electron chi connectivity index (χ0n) is 11.6. The Labute approximate surface area is 113 Å². The number of aliphatic carboxylic acids is 1. The van der Waals surface area contributed by atoms with Crippen LogP contribution in [0.2, 0.25) is 0 Å². The standard InChI is InChI=1S/C15H21FO3/c1-10(2)15(19,9-14(17)18)7-6-12-4-5-13(16)8-11(12)3/h4-5,8,10,19H,6-7,9H2,1-3H3,(H,17,18)/t15-/m0/s1. The molecule has 4 heteroatoms. The Morgan fingerprint density at radius 2 is 2.05 bits per heavy atom. The van der Waals surface area contributed by atoms with E-state index in [2.05, 4.69) is 0 Å². The number of aryl methyl sites for hydroxylation is 2. The number of aliphatic hydroxyl groups is 1. The Morgan fingerprint density at radius 3 is 2.53 bits per heavy atom. The van der Waals surface area contributed by atoms with E-state index in [0.29, 0.717) is 12.8 Å². The first-order chi connectivity index (χ1) is 8.74. The van der Waals surface area contributed by atoms with Crippen molar-refractivity contribution in [3.8, 4) is 0 Å². The van der Waals surface area contributed by atoms with E-state index in [4.69, 9.17) is 5.11 Å². The van der Waals surface area contributed by atoms with E-state index >= 15 is 0 Å². The van der Waals surface area contributed by atoms with Crippen molar-refractivity contribution in [1.82, 2.24) is 0 Å². The number of carbonyl (C=O) groups is 1. The maximum absolute atomic E-state index is 13.0.